The van der Waals surface area contributed by atoms with Gasteiger partial charge in [0.1, 0.15) is 16.1 Å². The Morgan fingerprint density at radius 3 is 2.58 bits per heavy atom. The minimum Gasteiger partial charge on any atom is -0.591 e. The average Bonchev–Trinajstić information content (AvgIpc) is 2.34. The number of benzene rings is 1. The molecule has 1 unspecified atom stereocenters. The largest absolute Gasteiger partial charge is 0.591 e. The van der Waals surface area contributed by atoms with Crippen LogP contribution in [-0.4, -0.2) is 28.6 Å². The molecule has 0 N–H and O–H groups in total. The number of rotatable bonds is 3. The molecule has 0 fully saturated rings. The van der Waals surface area contributed by atoms with Crippen molar-refractivity contribution < 1.29 is 14.1 Å². The Kier molecular flexibility index (Phi) is 5.40. The lowest BCUT2D eigenvalue weighted by Crippen LogP contribution is -2.25. The fourth-order valence-corrected chi connectivity index (χ4v) is 1.89. The Hall–Kier alpha value is -1.04. The van der Waals surface area contributed by atoms with Gasteiger partial charge in [0.25, 0.3) is 0 Å². The zero-order chi connectivity index (χ0) is 14.6. The standard InChI is InChI=1S/C13H16ClNO3S/c1-13(2,3)19(17)15-8-10-6-5-9(7-11(10)14)12(16)18-4/h5-8H,1-4H3/b15-8+. The third-order valence-electron chi connectivity index (χ3n) is 2.23. The van der Waals surface area contributed by atoms with Gasteiger partial charge in [-0.2, -0.15) is 0 Å². The Labute approximate surface area is 121 Å². The van der Waals surface area contributed by atoms with E-state index < -0.39 is 22.1 Å². The molecule has 0 aliphatic carbocycles. The zero-order valence-electron chi connectivity index (χ0n) is 11.3. The van der Waals surface area contributed by atoms with Crippen LogP contribution in [0.4, 0.5) is 0 Å². The number of carbonyl (C=O) groups is 1. The molecule has 0 spiro atoms. The summed E-state index contributed by atoms with van der Waals surface area (Å²) in [5.41, 5.74) is 0.966. The molecule has 1 rings (SSSR count). The number of halogens is 1. The predicted molar refractivity (Wildman–Crippen MR) is 78.3 cm³/mol. The van der Waals surface area contributed by atoms with Crippen LogP contribution >= 0.6 is 11.6 Å². The molecule has 4 nitrogen and oxygen atoms in total. The van der Waals surface area contributed by atoms with Crippen molar-refractivity contribution in [3.63, 3.8) is 0 Å². The van der Waals surface area contributed by atoms with Crippen LogP contribution in [0, 0.1) is 0 Å². The number of methoxy groups -OCH3 is 1. The number of hydrogen-bond acceptors (Lipinski definition) is 4. The molecular formula is C13H16ClNO3S. The maximum Gasteiger partial charge on any atom is 0.337 e. The van der Waals surface area contributed by atoms with E-state index in [4.69, 9.17) is 11.6 Å². The molecular weight excluding hydrogens is 286 g/mol. The zero-order valence-corrected chi connectivity index (χ0v) is 12.8. The predicted octanol–water partition coefficient (Wildman–Crippen LogP) is 3.01. The van der Waals surface area contributed by atoms with E-state index >= 15 is 0 Å². The summed E-state index contributed by atoms with van der Waals surface area (Å²) >= 11 is 4.69. The number of esters is 1. The molecule has 0 radical (unpaired) electrons. The first-order valence-electron chi connectivity index (χ1n) is 5.59. The first-order chi connectivity index (χ1) is 8.75. The fourth-order valence-electron chi connectivity index (χ4n) is 1.14. The van der Waals surface area contributed by atoms with E-state index in [1.165, 1.54) is 19.4 Å². The lowest BCUT2D eigenvalue weighted by Gasteiger charge is -2.17. The highest BCUT2D eigenvalue weighted by molar-refractivity contribution is 7.91. The second kappa shape index (κ2) is 6.41. The summed E-state index contributed by atoms with van der Waals surface area (Å²) in [6.07, 6.45) is 1.45. The Balaban J connectivity index is 2.92. The van der Waals surface area contributed by atoms with Crippen molar-refractivity contribution in [2.45, 2.75) is 25.5 Å². The molecule has 0 aromatic heterocycles. The normalized spacial score (nSPS) is 13.6. The molecule has 1 atom stereocenters. The van der Waals surface area contributed by atoms with Gasteiger partial charge < -0.3 is 9.29 Å². The van der Waals surface area contributed by atoms with Crippen LogP contribution in [0.2, 0.25) is 5.02 Å². The first-order valence-corrected chi connectivity index (χ1v) is 7.08. The van der Waals surface area contributed by atoms with Crippen LogP contribution in [0.15, 0.2) is 22.6 Å². The van der Waals surface area contributed by atoms with Crippen LogP contribution in [0.3, 0.4) is 0 Å². The Bertz CT molecular complexity index is 497. The highest BCUT2D eigenvalue weighted by Crippen LogP contribution is 2.20. The fraction of sp³-hybridized carbons (Fsp3) is 0.385. The quantitative estimate of drug-likeness (QED) is 0.490. The number of hydrogen-bond donors (Lipinski definition) is 0. The van der Waals surface area contributed by atoms with Gasteiger partial charge >= 0.3 is 5.97 Å². The summed E-state index contributed by atoms with van der Waals surface area (Å²) in [6.45, 7) is 5.51. The van der Waals surface area contributed by atoms with Gasteiger partial charge in [0.05, 0.1) is 23.9 Å². The monoisotopic (exact) mass is 301 g/mol. The van der Waals surface area contributed by atoms with Crippen LogP contribution in [0.25, 0.3) is 0 Å². The van der Waals surface area contributed by atoms with Gasteiger partial charge in [0.2, 0.25) is 0 Å². The Morgan fingerprint density at radius 2 is 2.11 bits per heavy atom. The molecule has 19 heavy (non-hydrogen) atoms. The number of carbonyl (C=O) groups excluding carboxylic acids is 1. The third kappa shape index (κ3) is 4.53. The third-order valence-corrected chi connectivity index (χ3v) is 3.90. The summed E-state index contributed by atoms with van der Waals surface area (Å²) in [4.78, 5) is 11.3. The summed E-state index contributed by atoms with van der Waals surface area (Å²) in [6, 6.07) is 4.71. The van der Waals surface area contributed by atoms with Crippen molar-refractivity contribution in [2.24, 2.45) is 4.40 Å². The van der Waals surface area contributed by atoms with Crippen molar-refractivity contribution >= 4 is 35.1 Å². The van der Waals surface area contributed by atoms with E-state index in [-0.39, 0.29) is 0 Å². The van der Waals surface area contributed by atoms with E-state index in [2.05, 4.69) is 9.13 Å². The second-order valence-corrected chi connectivity index (χ2v) is 7.16. The molecule has 104 valence electrons. The molecule has 6 heteroatoms. The van der Waals surface area contributed by atoms with E-state index in [0.29, 0.717) is 16.1 Å². The van der Waals surface area contributed by atoms with Crippen molar-refractivity contribution in [3.8, 4) is 0 Å². The maximum absolute atomic E-state index is 11.8. The van der Waals surface area contributed by atoms with Gasteiger partial charge in [-0.05, 0) is 32.9 Å². The van der Waals surface area contributed by atoms with E-state index in [1.54, 1.807) is 12.1 Å². The number of nitrogens with zero attached hydrogens (tertiary/aromatic N) is 1. The lowest BCUT2D eigenvalue weighted by atomic mass is 10.1. The highest BCUT2D eigenvalue weighted by Gasteiger charge is 2.25. The minimum atomic E-state index is -1.34. The molecule has 0 aliphatic rings. The van der Waals surface area contributed by atoms with E-state index in [1.807, 2.05) is 20.8 Å². The van der Waals surface area contributed by atoms with Crippen molar-refractivity contribution in [2.75, 3.05) is 7.11 Å². The maximum atomic E-state index is 11.8. The summed E-state index contributed by atoms with van der Waals surface area (Å²) in [7, 11) is 1.30. The van der Waals surface area contributed by atoms with E-state index in [0.717, 1.165) is 0 Å². The van der Waals surface area contributed by atoms with Gasteiger partial charge in [-0.25, -0.2) is 4.79 Å². The van der Waals surface area contributed by atoms with Crippen LogP contribution in [0.1, 0.15) is 36.7 Å². The molecule has 1 aromatic carbocycles. The first kappa shape index (κ1) is 16.0. The highest BCUT2D eigenvalue weighted by atomic mass is 35.5. The SMILES string of the molecule is COC(=O)c1ccc(/C=N/[S+]([O-])C(C)(C)C)c(Cl)c1. The molecule has 0 aliphatic heterocycles. The van der Waals surface area contributed by atoms with Crippen LogP contribution < -0.4 is 0 Å². The van der Waals surface area contributed by atoms with Crippen molar-refractivity contribution in [3.05, 3.63) is 34.3 Å². The van der Waals surface area contributed by atoms with Crippen molar-refractivity contribution in [1.29, 1.82) is 0 Å². The number of ether oxygens (including phenoxy) is 1. The van der Waals surface area contributed by atoms with Crippen LogP contribution in [0.5, 0.6) is 0 Å². The van der Waals surface area contributed by atoms with Crippen molar-refractivity contribution in [1.82, 2.24) is 0 Å². The Morgan fingerprint density at radius 1 is 1.47 bits per heavy atom. The molecule has 0 amide bonds. The molecule has 0 heterocycles. The summed E-state index contributed by atoms with van der Waals surface area (Å²) in [5.74, 6) is -0.455. The van der Waals surface area contributed by atoms with Gasteiger partial charge in [-0.3, -0.25) is 0 Å². The average molecular weight is 302 g/mol. The molecule has 0 saturated heterocycles. The van der Waals surface area contributed by atoms with Gasteiger partial charge in [-0.15, -0.1) is 0 Å². The van der Waals surface area contributed by atoms with Gasteiger partial charge in [0, 0.05) is 5.56 Å². The minimum absolute atomic E-state index is 0.359. The van der Waals surface area contributed by atoms with Gasteiger partial charge in [-0.1, -0.05) is 22.1 Å². The summed E-state index contributed by atoms with van der Waals surface area (Å²) in [5, 5.41) is 0.359. The van der Waals surface area contributed by atoms with E-state index in [9.17, 15) is 9.35 Å². The molecule has 0 bridgehead atoms. The van der Waals surface area contributed by atoms with Crippen LogP contribution in [-0.2, 0) is 16.1 Å². The molecule has 1 aromatic rings. The smallest absolute Gasteiger partial charge is 0.337 e. The summed E-state index contributed by atoms with van der Waals surface area (Å²) < 4.78 is 19.9. The van der Waals surface area contributed by atoms with Gasteiger partial charge in [0.15, 0.2) is 0 Å². The second-order valence-electron chi connectivity index (χ2n) is 4.82. The molecule has 0 saturated carbocycles. The topological polar surface area (TPSA) is 61.7 Å². The lowest BCUT2D eigenvalue weighted by molar-refractivity contribution is 0.0600.